The van der Waals surface area contributed by atoms with Gasteiger partial charge in [-0.05, 0) is 29.3 Å². The highest BCUT2D eigenvalue weighted by Crippen LogP contribution is 2.33. The van der Waals surface area contributed by atoms with Crippen molar-refractivity contribution in [2.75, 3.05) is 56.2 Å². The Morgan fingerprint density at radius 1 is 1.02 bits per heavy atom. The van der Waals surface area contributed by atoms with Gasteiger partial charge in [0.05, 0.1) is 29.6 Å². The lowest BCUT2D eigenvalue weighted by Gasteiger charge is -2.30. The molecule has 0 saturated carbocycles. The van der Waals surface area contributed by atoms with Gasteiger partial charge in [-0.3, -0.25) is 14.1 Å². The van der Waals surface area contributed by atoms with E-state index in [1.807, 2.05) is 36.4 Å². The number of carbonyl (C=O) groups is 1. The second kappa shape index (κ2) is 12.5. The molecule has 13 heteroatoms. The number of likely N-dealkylation sites (N-methyl/N-ethyl adjacent to an activating group) is 1. The number of ether oxygens (including phenoxy) is 2. The fraction of sp³-hybridized carbons (Fsp3) is 0.273. The summed E-state index contributed by atoms with van der Waals surface area (Å²) in [6.07, 6.45) is 3.77. The lowest BCUT2D eigenvalue weighted by Crippen LogP contribution is -2.37. The summed E-state index contributed by atoms with van der Waals surface area (Å²) in [4.78, 5) is 45.9. The van der Waals surface area contributed by atoms with Crippen molar-refractivity contribution in [2.45, 2.75) is 13.0 Å². The highest BCUT2D eigenvalue weighted by Gasteiger charge is 2.31. The smallest absolute Gasteiger partial charge is 0.324 e. The number of benzene rings is 2. The third-order valence-corrected chi connectivity index (χ3v) is 8.48. The van der Waals surface area contributed by atoms with Crippen LogP contribution in [0.15, 0.2) is 71.8 Å². The summed E-state index contributed by atoms with van der Waals surface area (Å²) in [5.41, 5.74) is 3.73. The molecule has 0 aliphatic carbocycles. The number of halogens is 2. The third kappa shape index (κ3) is 5.77. The summed E-state index contributed by atoms with van der Waals surface area (Å²) >= 11 is 6.00. The standard InChI is InChI=1S/C33H31ClFN7O4/c1-39-9-10-41(33(39)44)27-17-24(40-11-13-45-14-12-40)19-42-31(27)38-28(29(32(42)43)46-20-21-5-3-2-4-6-21)30-36-18-23(37-30)15-22-7-8-26(35)25(34)16-22/h2-8,16-19H,9-15,20H2,1H3,(H,36,37). The molecule has 2 aromatic carbocycles. The van der Waals surface area contributed by atoms with Gasteiger partial charge < -0.3 is 24.3 Å². The number of hydrogen-bond donors (Lipinski definition) is 1. The third-order valence-electron chi connectivity index (χ3n) is 8.19. The highest BCUT2D eigenvalue weighted by atomic mass is 35.5. The van der Waals surface area contributed by atoms with Crippen molar-refractivity contribution in [3.63, 3.8) is 0 Å². The first-order valence-corrected chi connectivity index (χ1v) is 15.3. The van der Waals surface area contributed by atoms with Gasteiger partial charge in [0, 0.05) is 57.7 Å². The molecular formula is C33H31ClFN7O4. The summed E-state index contributed by atoms with van der Waals surface area (Å²) in [5, 5.41) is 0.0316. The zero-order valence-corrected chi connectivity index (χ0v) is 25.8. The zero-order valence-electron chi connectivity index (χ0n) is 25.1. The van der Waals surface area contributed by atoms with Crippen molar-refractivity contribution in [3.05, 3.63) is 105 Å². The lowest BCUT2D eigenvalue weighted by molar-refractivity contribution is 0.122. The number of aromatic nitrogens is 4. The molecule has 0 atom stereocenters. The molecule has 2 saturated heterocycles. The normalized spacial score (nSPS) is 15.3. The molecule has 1 N–H and O–H groups in total. The minimum absolute atomic E-state index is 0.0158. The molecule has 2 amide bonds. The maximum atomic E-state index is 14.4. The van der Waals surface area contributed by atoms with Crippen LogP contribution in [0, 0.1) is 5.82 Å². The van der Waals surface area contributed by atoms with Crippen molar-refractivity contribution in [3.8, 4) is 17.3 Å². The van der Waals surface area contributed by atoms with Crippen molar-refractivity contribution in [2.24, 2.45) is 0 Å². The van der Waals surface area contributed by atoms with E-state index in [-0.39, 0.29) is 29.1 Å². The van der Waals surface area contributed by atoms with E-state index in [2.05, 4.69) is 14.9 Å². The van der Waals surface area contributed by atoms with E-state index < -0.39 is 11.4 Å². The van der Waals surface area contributed by atoms with Gasteiger partial charge in [-0.15, -0.1) is 0 Å². The predicted molar refractivity (Wildman–Crippen MR) is 172 cm³/mol. The molecule has 2 fully saturated rings. The average molecular weight is 644 g/mol. The highest BCUT2D eigenvalue weighted by molar-refractivity contribution is 6.30. The number of anilines is 2. The number of urea groups is 1. The van der Waals surface area contributed by atoms with Gasteiger partial charge in [-0.25, -0.2) is 19.2 Å². The number of fused-ring (bicyclic) bond motifs is 1. The Labute approximate surface area is 268 Å². The van der Waals surface area contributed by atoms with Crippen LogP contribution in [-0.2, 0) is 17.8 Å². The number of nitrogens with one attached hydrogen (secondary N) is 1. The zero-order chi connectivity index (χ0) is 31.8. The average Bonchev–Trinajstić information content (AvgIpc) is 3.68. The second-order valence-corrected chi connectivity index (χ2v) is 11.7. The maximum Gasteiger partial charge on any atom is 0.324 e. The van der Waals surface area contributed by atoms with E-state index in [1.54, 1.807) is 41.4 Å². The number of H-pyrrole nitrogens is 1. The van der Waals surface area contributed by atoms with Crippen LogP contribution in [0.5, 0.6) is 5.75 Å². The first kappa shape index (κ1) is 29.8. The van der Waals surface area contributed by atoms with Crippen molar-refractivity contribution < 1.29 is 18.7 Å². The van der Waals surface area contributed by atoms with Crippen LogP contribution >= 0.6 is 11.6 Å². The number of rotatable bonds is 8. The van der Waals surface area contributed by atoms with Gasteiger partial charge >= 0.3 is 11.6 Å². The SMILES string of the molecule is CN1CCN(c2cc(N3CCOCC3)cn3c(=O)c(OCc4ccccc4)c(-c4ncc(Cc5ccc(F)c(Cl)c5)[nH]4)nc23)C1=O. The molecule has 0 radical (unpaired) electrons. The molecule has 5 aromatic rings. The Bertz CT molecular complexity index is 1980. The first-order chi connectivity index (χ1) is 22.4. The second-order valence-electron chi connectivity index (χ2n) is 11.3. The van der Waals surface area contributed by atoms with E-state index >= 15 is 0 Å². The van der Waals surface area contributed by atoms with Crippen LogP contribution in [0.4, 0.5) is 20.6 Å². The fourth-order valence-corrected chi connectivity index (χ4v) is 5.92. The molecule has 0 spiro atoms. The van der Waals surface area contributed by atoms with Gasteiger partial charge in [-0.2, -0.15) is 0 Å². The van der Waals surface area contributed by atoms with Crippen LogP contribution in [0.3, 0.4) is 0 Å². The number of aromatic amines is 1. The Hall–Kier alpha value is -4.94. The van der Waals surface area contributed by atoms with E-state index in [4.69, 9.17) is 26.1 Å². The van der Waals surface area contributed by atoms with E-state index in [0.717, 1.165) is 16.8 Å². The molecule has 11 nitrogen and oxygen atoms in total. The summed E-state index contributed by atoms with van der Waals surface area (Å²) in [6, 6.07) is 15.8. The number of pyridine rings is 1. The Kier molecular flexibility index (Phi) is 8.05. The molecule has 0 unspecified atom stereocenters. The van der Waals surface area contributed by atoms with E-state index in [0.29, 0.717) is 68.7 Å². The predicted octanol–water partition coefficient (Wildman–Crippen LogP) is 4.76. The molecule has 3 aromatic heterocycles. The van der Waals surface area contributed by atoms with Crippen molar-refractivity contribution in [1.82, 2.24) is 24.3 Å². The van der Waals surface area contributed by atoms with E-state index in [1.165, 1.54) is 10.5 Å². The molecular weight excluding hydrogens is 613 g/mol. The summed E-state index contributed by atoms with van der Waals surface area (Å²) < 4.78 is 27.0. The number of hydrogen-bond acceptors (Lipinski definition) is 7. The maximum absolute atomic E-state index is 14.4. The van der Waals surface area contributed by atoms with Crippen LogP contribution in [0.25, 0.3) is 17.2 Å². The molecule has 236 valence electrons. The van der Waals surface area contributed by atoms with Gasteiger partial charge in [0.15, 0.2) is 17.2 Å². The summed E-state index contributed by atoms with van der Waals surface area (Å²) in [7, 11) is 1.75. The fourth-order valence-electron chi connectivity index (χ4n) is 5.72. The number of morpholine rings is 1. The van der Waals surface area contributed by atoms with Gasteiger partial charge in [0.25, 0.3) is 0 Å². The Morgan fingerprint density at radius 3 is 2.57 bits per heavy atom. The Balaban J connectivity index is 1.37. The monoisotopic (exact) mass is 643 g/mol. The molecule has 7 rings (SSSR count). The van der Waals surface area contributed by atoms with Gasteiger partial charge in [0.2, 0.25) is 5.75 Å². The number of amides is 2. The van der Waals surface area contributed by atoms with Crippen LogP contribution in [0.2, 0.25) is 5.02 Å². The van der Waals surface area contributed by atoms with Gasteiger partial charge in [-0.1, -0.05) is 48.0 Å². The Morgan fingerprint density at radius 2 is 1.83 bits per heavy atom. The number of nitrogens with zero attached hydrogens (tertiary/aromatic N) is 6. The number of carbonyl (C=O) groups excluding carboxylic acids is 1. The number of imidazole rings is 1. The topological polar surface area (TPSA) is 108 Å². The molecule has 0 bridgehead atoms. The quantitative estimate of drug-likeness (QED) is 0.260. The molecule has 46 heavy (non-hydrogen) atoms. The van der Waals surface area contributed by atoms with Crippen molar-refractivity contribution >= 4 is 34.7 Å². The molecule has 2 aliphatic heterocycles. The largest absolute Gasteiger partial charge is 0.481 e. The summed E-state index contributed by atoms with van der Waals surface area (Å²) in [5.74, 6) is -0.159. The molecule has 5 heterocycles. The summed E-state index contributed by atoms with van der Waals surface area (Å²) in [6.45, 7) is 3.51. The minimum Gasteiger partial charge on any atom is -0.481 e. The van der Waals surface area contributed by atoms with Crippen LogP contribution < -0.4 is 20.1 Å². The first-order valence-electron chi connectivity index (χ1n) is 15.0. The van der Waals surface area contributed by atoms with Gasteiger partial charge in [0.1, 0.15) is 12.4 Å². The minimum atomic E-state index is -0.493. The molecule has 2 aliphatic rings. The van der Waals surface area contributed by atoms with E-state index in [9.17, 15) is 14.0 Å². The van der Waals surface area contributed by atoms with Crippen LogP contribution in [0.1, 0.15) is 16.8 Å². The van der Waals surface area contributed by atoms with Crippen molar-refractivity contribution in [1.29, 1.82) is 0 Å². The lowest BCUT2D eigenvalue weighted by atomic mass is 10.1. The van der Waals surface area contributed by atoms with Crippen LogP contribution in [-0.4, -0.2) is 76.7 Å².